The second-order valence-electron chi connectivity index (χ2n) is 8.49. The normalized spacial score (nSPS) is 14.8. The molecule has 0 atom stereocenters. The third-order valence-corrected chi connectivity index (χ3v) is 5.56. The molecule has 3 aromatic carbocycles. The average Bonchev–Trinajstić information content (AvgIpc) is 2.80. The Morgan fingerprint density at radius 1 is 0.886 bits per heavy atom. The molecule has 0 bridgehead atoms. The molecule has 178 valence electrons. The van der Waals surface area contributed by atoms with Crippen LogP contribution in [0.25, 0.3) is 6.08 Å². The van der Waals surface area contributed by atoms with Crippen molar-refractivity contribution in [3.63, 3.8) is 0 Å². The van der Waals surface area contributed by atoms with Crippen molar-refractivity contribution in [3.05, 3.63) is 94.1 Å². The Labute approximate surface area is 204 Å². The molecule has 0 aromatic heterocycles. The molecule has 4 rings (SSSR count). The molecule has 1 fully saturated rings. The van der Waals surface area contributed by atoms with Crippen molar-refractivity contribution in [3.8, 4) is 11.5 Å². The van der Waals surface area contributed by atoms with Crippen molar-refractivity contribution in [2.24, 2.45) is 0 Å². The summed E-state index contributed by atoms with van der Waals surface area (Å²) in [6, 6.07) is 17.4. The number of amides is 4. The molecule has 0 saturated carbocycles. The fourth-order valence-electron chi connectivity index (χ4n) is 4.01. The summed E-state index contributed by atoms with van der Waals surface area (Å²) in [6.45, 7) is 6.19. The molecular weight excluding hydrogens is 444 g/mol. The van der Waals surface area contributed by atoms with Crippen LogP contribution in [0.3, 0.4) is 0 Å². The fourth-order valence-corrected chi connectivity index (χ4v) is 4.01. The number of hydrogen-bond donors (Lipinski definition) is 1. The number of anilines is 1. The topological polar surface area (TPSA) is 84.9 Å². The molecule has 1 heterocycles. The minimum absolute atomic E-state index is 0.174. The highest BCUT2D eigenvalue weighted by atomic mass is 16.5. The lowest BCUT2D eigenvalue weighted by molar-refractivity contribution is -0.122. The van der Waals surface area contributed by atoms with E-state index in [4.69, 9.17) is 9.47 Å². The molecule has 0 spiro atoms. The lowest BCUT2D eigenvalue weighted by atomic mass is 10.1. The van der Waals surface area contributed by atoms with Gasteiger partial charge in [0.05, 0.1) is 12.8 Å². The zero-order chi connectivity index (χ0) is 25.1. The number of ether oxygens (including phenoxy) is 2. The van der Waals surface area contributed by atoms with Crippen LogP contribution in [0.5, 0.6) is 11.5 Å². The van der Waals surface area contributed by atoms with Crippen LogP contribution in [0.1, 0.15) is 27.8 Å². The van der Waals surface area contributed by atoms with Crippen LogP contribution >= 0.6 is 0 Å². The average molecular weight is 471 g/mol. The van der Waals surface area contributed by atoms with E-state index in [0.29, 0.717) is 29.4 Å². The van der Waals surface area contributed by atoms with Crippen molar-refractivity contribution in [2.75, 3.05) is 12.0 Å². The molecule has 1 aliphatic rings. The molecule has 7 heteroatoms. The van der Waals surface area contributed by atoms with Gasteiger partial charge in [0.25, 0.3) is 11.8 Å². The van der Waals surface area contributed by atoms with Gasteiger partial charge in [-0.25, -0.2) is 9.69 Å². The Bertz CT molecular complexity index is 1340. The molecule has 1 aliphatic heterocycles. The molecule has 1 N–H and O–H groups in total. The van der Waals surface area contributed by atoms with Crippen molar-refractivity contribution in [2.45, 2.75) is 27.4 Å². The zero-order valence-corrected chi connectivity index (χ0v) is 20.0. The van der Waals surface area contributed by atoms with E-state index in [2.05, 4.69) is 11.4 Å². The molecule has 0 unspecified atom stereocenters. The summed E-state index contributed by atoms with van der Waals surface area (Å²) < 4.78 is 11.4. The SMILES string of the molecule is COc1ccc(/C=C2\C(=O)NC(=O)N(c3cccc(C)c3)C2=O)c(OCc2cc(C)cc(C)c2)c1. The number of nitrogens with zero attached hydrogens (tertiary/aromatic N) is 1. The predicted octanol–water partition coefficient (Wildman–Crippen LogP) is 4.87. The van der Waals surface area contributed by atoms with Gasteiger partial charge in [-0.2, -0.15) is 0 Å². The number of benzene rings is 3. The maximum atomic E-state index is 13.3. The van der Waals surface area contributed by atoms with Gasteiger partial charge in [0, 0.05) is 11.6 Å². The molecule has 35 heavy (non-hydrogen) atoms. The minimum atomic E-state index is -0.788. The highest BCUT2D eigenvalue weighted by Gasteiger charge is 2.37. The molecule has 1 saturated heterocycles. The van der Waals surface area contributed by atoms with Gasteiger partial charge >= 0.3 is 6.03 Å². The van der Waals surface area contributed by atoms with Gasteiger partial charge in [0.15, 0.2) is 0 Å². The number of carbonyl (C=O) groups excluding carboxylic acids is 3. The number of imide groups is 2. The highest BCUT2D eigenvalue weighted by Crippen LogP contribution is 2.30. The Hall–Kier alpha value is -4.39. The van der Waals surface area contributed by atoms with Crippen LogP contribution < -0.4 is 19.7 Å². The van der Waals surface area contributed by atoms with E-state index in [-0.39, 0.29) is 5.57 Å². The number of carbonyl (C=O) groups is 3. The Balaban J connectivity index is 1.69. The lowest BCUT2D eigenvalue weighted by Gasteiger charge is -2.26. The van der Waals surface area contributed by atoms with Gasteiger partial charge in [-0.1, -0.05) is 41.5 Å². The van der Waals surface area contributed by atoms with E-state index < -0.39 is 17.8 Å². The molecule has 7 nitrogen and oxygen atoms in total. The molecule has 0 radical (unpaired) electrons. The predicted molar refractivity (Wildman–Crippen MR) is 133 cm³/mol. The maximum Gasteiger partial charge on any atom is 0.335 e. The van der Waals surface area contributed by atoms with Crippen LogP contribution in [-0.2, 0) is 16.2 Å². The van der Waals surface area contributed by atoms with E-state index in [1.54, 1.807) is 43.5 Å². The largest absolute Gasteiger partial charge is 0.497 e. The standard InChI is InChI=1S/C28H26N2O5/c1-17-6-5-7-22(13-17)30-27(32)24(26(31)29-28(30)33)14-21-8-9-23(34-4)15-25(21)35-16-20-11-18(2)10-19(3)12-20/h5-15H,16H2,1-4H3,(H,29,31,33)/b24-14+. The summed E-state index contributed by atoms with van der Waals surface area (Å²) in [6.07, 6.45) is 1.43. The van der Waals surface area contributed by atoms with E-state index >= 15 is 0 Å². The van der Waals surface area contributed by atoms with Crippen molar-refractivity contribution >= 4 is 29.6 Å². The number of rotatable bonds is 6. The first kappa shape index (κ1) is 23.8. The second-order valence-corrected chi connectivity index (χ2v) is 8.49. The van der Waals surface area contributed by atoms with Crippen LogP contribution in [-0.4, -0.2) is 25.0 Å². The first-order chi connectivity index (χ1) is 16.7. The third-order valence-electron chi connectivity index (χ3n) is 5.56. The van der Waals surface area contributed by atoms with E-state index in [1.165, 1.54) is 6.08 Å². The molecular formula is C28H26N2O5. The minimum Gasteiger partial charge on any atom is -0.497 e. The fraction of sp³-hybridized carbons (Fsp3) is 0.179. The summed E-state index contributed by atoms with van der Waals surface area (Å²) in [5, 5.41) is 2.25. The molecule has 0 aliphatic carbocycles. The van der Waals surface area contributed by atoms with E-state index in [0.717, 1.165) is 27.2 Å². The van der Waals surface area contributed by atoms with Crippen molar-refractivity contribution in [1.29, 1.82) is 0 Å². The van der Waals surface area contributed by atoms with E-state index in [9.17, 15) is 14.4 Å². The van der Waals surface area contributed by atoms with Crippen LogP contribution in [0, 0.1) is 20.8 Å². The number of methoxy groups -OCH3 is 1. The Morgan fingerprint density at radius 3 is 2.31 bits per heavy atom. The van der Waals surface area contributed by atoms with Crippen LogP contribution in [0.15, 0.2) is 66.2 Å². The number of urea groups is 1. The lowest BCUT2D eigenvalue weighted by Crippen LogP contribution is -2.54. The summed E-state index contributed by atoms with van der Waals surface area (Å²) in [5.74, 6) is -0.463. The number of barbiturate groups is 1. The summed E-state index contributed by atoms with van der Waals surface area (Å²) in [5.41, 5.74) is 4.84. The summed E-state index contributed by atoms with van der Waals surface area (Å²) >= 11 is 0. The first-order valence-corrected chi connectivity index (χ1v) is 11.1. The highest BCUT2D eigenvalue weighted by molar-refractivity contribution is 6.39. The van der Waals surface area contributed by atoms with Crippen LogP contribution in [0.2, 0.25) is 0 Å². The monoisotopic (exact) mass is 470 g/mol. The zero-order valence-electron chi connectivity index (χ0n) is 20.0. The van der Waals surface area contributed by atoms with Gasteiger partial charge < -0.3 is 9.47 Å². The van der Waals surface area contributed by atoms with Gasteiger partial charge in [-0.05, 0) is 62.2 Å². The van der Waals surface area contributed by atoms with Crippen molar-refractivity contribution in [1.82, 2.24) is 5.32 Å². The number of hydrogen-bond acceptors (Lipinski definition) is 5. The number of aryl methyl sites for hydroxylation is 3. The van der Waals surface area contributed by atoms with Gasteiger partial charge in [0.2, 0.25) is 0 Å². The van der Waals surface area contributed by atoms with Crippen LogP contribution in [0.4, 0.5) is 10.5 Å². The van der Waals surface area contributed by atoms with Crippen molar-refractivity contribution < 1.29 is 23.9 Å². The Morgan fingerprint density at radius 2 is 1.63 bits per heavy atom. The first-order valence-electron chi connectivity index (χ1n) is 11.1. The Kier molecular flexibility index (Phi) is 6.68. The third kappa shape index (κ3) is 5.24. The number of nitrogens with one attached hydrogen (secondary N) is 1. The summed E-state index contributed by atoms with van der Waals surface area (Å²) in [7, 11) is 1.55. The molecule has 3 aromatic rings. The van der Waals surface area contributed by atoms with Gasteiger partial charge in [0.1, 0.15) is 23.7 Å². The summed E-state index contributed by atoms with van der Waals surface area (Å²) in [4.78, 5) is 39.4. The van der Waals surface area contributed by atoms with Gasteiger partial charge in [-0.15, -0.1) is 0 Å². The smallest absolute Gasteiger partial charge is 0.335 e. The quantitative estimate of drug-likeness (QED) is 0.411. The second kappa shape index (κ2) is 9.85. The van der Waals surface area contributed by atoms with Gasteiger partial charge in [-0.3, -0.25) is 14.9 Å². The molecule has 4 amide bonds. The maximum absolute atomic E-state index is 13.3. The van der Waals surface area contributed by atoms with E-state index in [1.807, 2.05) is 39.0 Å².